The first kappa shape index (κ1) is 74.3. The second kappa shape index (κ2) is 71.2. The first-order chi connectivity index (χ1) is 36.6. The van der Waals surface area contributed by atoms with Crippen LogP contribution in [0.25, 0.3) is 0 Å². The molecule has 0 spiro atoms. The molecule has 26 heteroatoms. The number of carboxylic acids is 1. The fourth-order valence-corrected chi connectivity index (χ4v) is 4.72. The zero-order chi connectivity index (χ0) is 53.8. The van der Waals surface area contributed by atoms with E-state index >= 15 is 0 Å². The highest BCUT2D eigenvalue weighted by atomic mass is 16.6. The number of carboxylic acid groups (broad SMARTS) is 1. The maximum atomic E-state index is 9.25. The van der Waals surface area contributed by atoms with Crippen molar-refractivity contribution in [3.63, 3.8) is 0 Å². The van der Waals surface area contributed by atoms with Gasteiger partial charge in [-0.3, -0.25) is 0 Å². The Morgan fingerprint density at radius 2 is 0.432 bits per heavy atom. The molecule has 74 heavy (non-hydrogen) atoms. The molecule has 0 heterocycles. The number of hydrogen-bond acceptors (Lipinski definition) is 25. The highest BCUT2D eigenvalue weighted by Crippen LogP contribution is 1.91. The van der Waals surface area contributed by atoms with Crippen LogP contribution < -0.4 is 0 Å². The normalized spacial score (nSPS) is 11.8. The van der Waals surface area contributed by atoms with Gasteiger partial charge in [-0.05, 0) is 0 Å². The van der Waals surface area contributed by atoms with Gasteiger partial charge in [0.25, 0.3) is 0 Å². The summed E-state index contributed by atoms with van der Waals surface area (Å²) in [5.74, 6) is -0.981. The number of aliphatic hydroxyl groups is 2. The highest BCUT2D eigenvalue weighted by Gasteiger charge is 2.01. The Labute approximate surface area is 439 Å². The average Bonchev–Trinajstić information content (AvgIpc) is 3.41. The van der Waals surface area contributed by atoms with E-state index in [0.717, 1.165) is 6.08 Å². The van der Waals surface area contributed by atoms with E-state index in [1.54, 1.807) is 0 Å². The molecule has 0 saturated heterocycles. The Kier molecular flexibility index (Phi) is 71.6. The minimum atomic E-state index is -0.981. The van der Waals surface area contributed by atoms with Gasteiger partial charge in [0.15, 0.2) is 6.29 Å². The van der Waals surface area contributed by atoms with Crippen LogP contribution in [0.5, 0.6) is 0 Å². The lowest BCUT2D eigenvalue weighted by molar-refractivity contribution is -0.131. The second-order valence-electron chi connectivity index (χ2n) is 14.3. The summed E-state index contributed by atoms with van der Waals surface area (Å²) in [5.41, 5.74) is 0. The zero-order valence-electron chi connectivity index (χ0n) is 44.5. The summed E-state index contributed by atoms with van der Waals surface area (Å²) in [6, 6.07) is 0. The van der Waals surface area contributed by atoms with Crippen LogP contribution in [0.1, 0.15) is 0 Å². The molecule has 0 aromatic rings. The third kappa shape index (κ3) is 74.5. The summed E-state index contributed by atoms with van der Waals surface area (Å²) < 4.78 is 119. The summed E-state index contributed by atoms with van der Waals surface area (Å²) in [5, 5.41) is 25.4. The number of aliphatic hydroxyl groups excluding tert-OH is 2. The topological polar surface area (TPSA) is 281 Å². The van der Waals surface area contributed by atoms with E-state index in [4.69, 9.17) is 110 Å². The molecule has 0 bridgehead atoms. The van der Waals surface area contributed by atoms with E-state index in [1.807, 2.05) is 0 Å². The van der Waals surface area contributed by atoms with Crippen molar-refractivity contribution in [2.75, 3.05) is 291 Å². The molecule has 26 nitrogen and oxygen atoms in total. The van der Waals surface area contributed by atoms with Crippen molar-refractivity contribution in [3.05, 3.63) is 12.7 Å². The Morgan fingerprint density at radius 3 is 0.541 bits per heavy atom. The minimum Gasteiger partial charge on any atom is -0.478 e. The van der Waals surface area contributed by atoms with Crippen LogP contribution in [-0.2, 0) is 109 Å². The van der Waals surface area contributed by atoms with Crippen molar-refractivity contribution in [2.45, 2.75) is 6.29 Å². The minimum absolute atomic E-state index is 0.0182. The molecule has 0 radical (unpaired) electrons. The number of carbonyl (C=O) groups is 1. The van der Waals surface area contributed by atoms with Gasteiger partial charge in [-0.15, -0.1) is 0 Å². The summed E-state index contributed by atoms with van der Waals surface area (Å²) in [4.78, 5) is 9.25. The quantitative estimate of drug-likeness (QED) is 0.0395. The lowest BCUT2D eigenvalue weighted by Gasteiger charge is -2.10. The molecule has 0 rings (SSSR count). The molecule has 1 unspecified atom stereocenters. The van der Waals surface area contributed by atoms with Crippen LogP contribution in [0.3, 0.4) is 0 Å². The van der Waals surface area contributed by atoms with E-state index in [0.29, 0.717) is 271 Å². The molecule has 0 aliphatic rings. The van der Waals surface area contributed by atoms with Crippen molar-refractivity contribution in [2.24, 2.45) is 0 Å². The molecule has 0 aromatic heterocycles. The van der Waals surface area contributed by atoms with Crippen LogP contribution in [0, 0.1) is 0 Å². The summed E-state index contributed by atoms with van der Waals surface area (Å²) >= 11 is 0. The molecule has 0 saturated carbocycles. The van der Waals surface area contributed by atoms with Crippen molar-refractivity contribution in [1.29, 1.82) is 0 Å². The van der Waals surface area contributed by atoms with E-state index in [-0.39, 0.29) is 13.2 Å². The van der Waals surface area contributed by atoms with Crippen LogP contribution in [0.4, 0.5) is 0 Å². The standard InChI is InChI=1S/C45H92O24.C3H4O2/c1-48-45(47)44-69-43-42-68-41-40-67-39-38-66-37-36-65-35-34-64-33-32-63-31-30-62-29-28-61-27-26-60-25-24-59-23-22-58-21-20-57-19-18-56-17-16-55-15-14-54-13-12-53-11-10-52-9-8-51-7-6-50-5-4-49-3-2-46;1-2-3(4)5/h45-47H,2-44H2,1H3;2H,1H2,(H,4,5). The van der Waals surface area contributed by atoms with Gasteiger partial charge in [-0.1, -0.05) is 6.58 Å². The molecule has 1 atom stereocenters. The van der Waals surface area contributed by atoms with Crippen LogP contribution in [-0.4, -0.2) is 319 Å². The van der Waals surface area contributed by atoms with Gasteiger partial charge in [0, 0.05) is 13.2 Å². The molecule has 0 amide bonds. The third-order valence-corrected chi connectivity index (χ3v) is 8.38. The molecule has 0 fully saturated rings. The number of rotatable bonds is 66. The summed E-state index contributed by atoms with van der Waals surface area (Å²) in [7, 11) is 1.41. The Bertz CT molecular complexity index is 1030. The van der Waals surface area contributed by atoms with Crippen LogP contribution >= 0.6 is 0 Å². The molecule has 0 aliphatic carbocycles. The van der Waals surface area contributed by atoms with Gasteiger partial charge < -0.3 is 120 Å². The zero-order valence-corrected chi connectivity index (χ0v) is 44.5. The van der Waals surface area contributed by atoms with Gasteiger partial charge in [-0.2, -0.15) is 0 Å². The largest absolute Gasteiger partial charge is 0.478 e. The monoisotopic (exact) mass is 1090 g/mol. The van der Waals surface area contributed by atoms with E-state index in [1.165, 1.54) is 7.11 Å². The maximum absolute atomic E-state index is 9.25. The van der Waals surface area contributed by atoms with E-state index in [9.17, 15) is 9.90 Å². The smallest absolute Gasteiger partial charge is 0.327 e. The summed E-state index contributed by atoms with van der Waals surface area (Å²) in [6.45, 7) is 22.7. The van der Waals surface area contributed by atoms with Crippen LogP contribution in [0.2, 0.25) is 0 Å². The first-order valence-corrected chi connectivity index (χ1v) is 25.4. The lowest BCUT2D eigenvalue weighted by atomic mass is 10.6. The molecular weight excluding hydrogens is 993 g/mol. The molecular formula is C48H96O26. The van der Waals surface area contributed by atoms with Crippen molar-refractivity contribution < 1.29 is 124 Å². The number of ether oxygens (including phenoxy) is 22. The van der Waals surface area contributed by atoms with Crippen molar-refractivity contribution in [1.82, 2.24) is 0 Å². The molecule has 3 N–H and O–H groups in total. The van der Waals surface area contributed by atoms with Crippen molar-refractivity contribution >= 4 is 5.97 Å². The highest BCUT2D eigenvalue weighted by molar-refractivity contribution is 5.78. The average molecular weight is 1090 g/mol. The van der Waals surface area contributed by atoms with Gasteiger partial charge in [-0.25, -0.2) is 4.79 Å². The van der Waals surface area contributed by atoms with E-state index < -0.39 is 12.3 Å². The van der Waals surface area contributed by atoms with Gasteiger partial charge in [0.2, 0.25) is 0 Å². The molecule has 444 valence electrons. The van der Waals surface area contributed by atoms with Crippen LogP contribution in [0.15, 0.2) is 12.7 Å². The molecule has 0 aromatic carbocycles. The van der Waals surface area contributed by atoms with Gasteiger partial charge >= 0.3 is 5.97 Å². The van der Waals surface area contributed by atoms with Gasteiger partial charge in [0.1, 0.15) is 0 Å². The van der Waals surface area contributed by atoms with E-state index in [2.05, 4.69) is 11.3 Å². The third-order valence-electron chi connectivity index (χ3n) is 8.38. The number of methoxy groups -OCH3 is 1. The first-order valence-electron chi connectivity index (χ1n) is 25.4. The summed E-state index contributed by atoms with van der Waals surface area (Å²) in [6.07, 6.45) is -0.0770. The SMILES string of the molecule is C=CC(=O)O.COC(O)COCCOCCOCCOCCOCCOCCOCCOCCOCCOCCOCCOCCOCCOCCOCCOCCOCCOCCOCCOCCOCCO. The molecule has 0 aliphatic heterocycles. The maximum Gasteiger partial charge on any atom is 0.327 e. The van der Waals surface area contributed by atoms with Gasteiger partial charge in [0.05, 0.1) is 284 Å². The Morgan fingerprint density at radius 1 is 0.311 bits per heavy atom. The second-order valence-corrected chi connectivity index (χ2v) is 14.3. The Balaban J connectivity index is 0. The Hall–Kier alpha value is -1.75. The fourth-order valence-electron chi connectivity index (χ4n) is 4.72. The lowest BCUT2D eigenvalue weighted by Crippen LogP contribution is -2.19. The predicted octanol–water partition coefficient (Wildman–Crippen LogP) is -0.451. The predicted molar refractivity (Wildman–Crippen MR) is 265 cm³/mol. The fraction of sp³-hybridized carbons (Fsp3) is 0.938. The number of hydrogen-bond donors (Lipinski definition) is 3. The van der Waals surface area contributed by atoms with Crippen molar-refractivity contribution in [3.8, 4) is 0 Å². The number of aliphatic carboxylic acids is 1.